The summed E-state index contributed by atoms with van der Waals surface area (Å²) in [6, 6.07) is 0. The Balaban J connectivity index is 4.83. The van der Waals surface area contributed by atoms with Crippen molar-refractivity contribution < 1.29 is 25.2 Å². The van der Waals surface area contributed by atoms with Crippen molar-refractivity contribution >= 4 is 0 Å². The van der Waals surface area contributed by atoms with Gasteiger partial charge in [-0.2, -0.15) is 0 Å². The van der Waals surface area contributed by atoms with Gasteiger partial charge in [-0.3, -0.25) is 0 Å². The van der Waals surface area contributed by atoms with Crippen LogP contribution in [0.5, 0.6) is 0 Å². The molecule has 0 spiro atoms. The molecule has 0 aromatic carbocycles. The average molecular weight is 306 g/mol. The third-order valence-electron chi connectivity index (χ3n) is 4.25. The van der Waals surface area contributed by atoms with Gasteiger partial charge in [0.15, 0.2) is 0 Å². The molecule has 6 unspecified atom stereocenters. The predicted octanol–water partition coefficient (Wildman–Crippen LogP) is 1.32. The third-order valence-corrected chi connectivity index (χ3v) is 4.25. The van der Waals surface area contributed by atoms with E-state index >= 15 is 0 Å². The fourth-order valence-corrected chi connectivity index (χ4v) is 2.19. The van der Waals surface area contributed by atoms with Crippen molar-refractivity contribution in [3.05, 3.63) is 0 Å². The Morgan fingerprint density at radius 3 is 1.33 bits per heavy atom. The molecular weight excluding hydrogens is 272 g/mol. The van der Waals surface area contributed by atoms with Gasteiger partial charge in [0.25, 0.3) is 0 Å². The minimum Gasteiger partial charge on any atom is -0.394 e. The van der Waals surface area contributed by atoms with Crippen LogP contribution in [-0.4, -0.2) is 58.1 Å². The first-order chi connectivity index (χ1) is 9.89. The Morgan fingerprint density at radius 2 is 1.10 bits per heavy atom. The van der Waals surface area contributed by atoms with Crippen molar-refractivity contribution in [1.29, 1.82) is 0 Å². The number of ether oxygens (including phenoxy) is 1. The first-order valence-corrected chi connectivity index (χ1v) is 8.12. The molecule has 0 heterocycles. The molecule has 0 aromatic heterocycles. The van der Waals surface area contributed by atoms with Crippen molar-refractivity contribution in [3.8, 4) is 0 Å². The second kappa shape index (κ2) is 11.4. The zero-order chi connectivity index (χ0) is 16.4. The Labute approximate surface area is 129 Å². The van der Waals surface area contributed by atoms with Crippen LogP contribution in [0.2, 0.25) is 0 Å². The molecule has 0 aliphatic carbocycles. The molecule has 0 aromatic rings. The van der Waals surface area contributed by atoms with E-state index in [9.17, 15) is 20.4 Å². The summed E-state index contributed by atoms with van der Waals surface area (Å²) < 4.78 is 5.88. The standard InChI is InChI=1S/C16H34O5/c1-5-11(3)7-15(13(19)9-17)21-16(14(20)10-18)8-12(4)6-2/h11-20H,5-10H2,1-4H3. The SMILES string of the molecule is CCC(C)CC(OC(CC(C)CC)C(O)CO)C(O)CO. The van der Waals surface area contributed by atoms with Gasteiger partial charge in [0.05, 0.1) is 25.4 Å². The van der Waals surface area contributed by atoms with Crippen LogP contribution >= 0.6 is 0 Å². The Kier molecular flexibility index (Phi) is 11.3. The summed E-state index contributed by atoms with van der Waals surface area (Å²) in [5.41, 5.74) is 0. The van der Waals surface area contributed by atoms with Gasteiger partial charge in [0.2, 0.25) is 0 Å². The number of aliphatic hydroxyl groups is 4. The summed E-state index contributed by atoms with van der Waals surface area (Å²) in [6.45, 7) is 7.51. The Morgan fingerprint density at radius 1 is 0.762 bits per heavy atom. The summed E-state index contributed by atoms with van der Waals surface area (Å²) in [5, 5.41) is 38.2. The normalized spacial score (nSPS) is 20.6. The highest BCUT2D eigenvalue weighted by Gasteiger charge is 2.29. The second-order valence-corrected chi connectivity index (χ2v) is 6.21. The molecule has 0 saturated heterocycles. The van der Waals surface area contributed by atoms with Crippen molar-refractivity contribution in [1.82, 2.24) is 0 Å². The Hall–Kier alpha value is -0.200. The number of aliphatic hydroxyl groups excluding tert-OH is 4. The van der Waals surface area contributed by atoms with Crippen LogP contribution in [0.25, 0.3) is 0 Å². The Bertz CT molecular complexity index is 225. The number of hydrogen-bond donors (Lipinski definition) is 4. The quantitative estimate of drug-likeness (QED) is 0.436. The first-order valence-electron chi connectivity index (χ1n) is 8.12. The molecule has 4 N–H and O–H groups in total. The van der Waals surface area contributed by atoms with Crippen LogP contribution in [0.15, 0.2) is 0 Å². The van der Waals surface area contributed by atoms with E-state index in [1.54, 1.807) is 0 Å². The van der Waals surface area contributed by atoms with Gasteiger partial charge in [-0.15, -0.1) is 0 Å². The molecule has 5 nitrogen and oxygen atoms in total. The van der Waals surface area contributed by atoms with E-state index < -0.39 is 24.4 Å². The second-order valence-electron chi connectivity index (χ2n) is 6.21. The molecule has 128 valence electrons. The molecule has 0 saturated carbocycles. The van der Waals surface area contributed by atoms with Gasteiger partial charge in [0.1, 0.15) is 12.2 Å². The summed E-state index contributed by atoms with van der Waals surface area (Å²) in [6.07, 6.45) is 0.155. The fourth-order valence-electron chi connectivity index (χ4n) is 2.19. The maximum atomic E-state index is 9.94. The van der Waals surface area contributed by atoms with Crippen LogP contribution in [0.4, 0.5) is 0 Å². The van der Waals surface area contributed by atoms with E-state index in [1.807, 2.05) is 0 Å². The van der Waals surface area contributed by atoms with Gasteiger partial charge in [-0.1, -0.05) is 40.5 Å². The van der Waals surface area contributed by atoms with Gasteiger partial charge in [-0.05, 0) is 24.7 Å². The van der Waals surface area contributed by atoms with E-state index in [-0.39, 0.29) is 13.2 Å². The highest BCUT2D eigenvalue weighted by molar-refractivity contribution is 4.77. The molecule has 0 radical (unpaired) electrons. The molecule has 0 rings (SSSR count). The summed E-state index contributed by atoms with van der Waals surface area (Å²) in [5.74, 6) is 0.707. The lowest BCUT2D eigenvalue weighted by atomic mass is 9.95. The van der Waals surface area contributed by atoms with Gasteiger partial charge in [0, 0.05) is 0 Å². The molecule has 6 atom stereocenters. The van der Waals surface area contributed by atoms with Crippen LogP contribution in [-0.2, 0) is 4.74 Å². The van der Waals surface area contributed by atoms with Crippen LogP contribution in [0.1, 0.15) is 53.4 Å². The molecule has 21 heavy (non-hydrogen) atoms. The summed E-state index contributed by atoms with van der Waals surface area (Å²) in [4.78, 5) is 0. The van der Waals surface area contributed by atoms with Crippen molar-refractivity contribution in [2.75, 3.05) is 13.2 Å². The van der Waals surface area contributed by atoms with Crippen LogP contribution in [0.3, 0.4) is 0 Å². The highest BCUT2D eigenvalue weighted by Crippen LogP contribution is 2.22. The topological polar surface area (TPSA) is 90.2 Å². The van der Waals surface area contributed by atoms with E-state index in [4.69, 9.17) is 4.74 Å². The van der Waals surface area contributed by atoms with Crippen molar-refractivity contribution in [2.45, 2.75) is 77.8 Å². The van der Waals surface area contributed by atoms with Gasteiger partial charge < -0.3 is 25.2 Å². The van der Waals surface area contributed by atoms with E-state index in [2.05, 4.69) is 27.7 Å². The number of rotatable bonds is 12. The molecule has 0 amide bonds. The lowest BCUT2D eigenvalue weighted by Crippen LogP contribution is -2.42. The lowest BCUT2D eigenvalue weighted by molar-refractivity contribution is -0.143. The van der Waals surface area contributed by atoms with E-state index in [0.717, 1.165) is 12.8 Å². The lowest BCUT2D eigenvalue weighted by Gasteiger charge is -2.32. The minimum atomic E-state index is -0.968. The van der Waals surface area contributed by atoms with Crippen molar-refractivity contribution in [2.24, 2.45) is 11.8 Å². The average Bonchev–Trinajstić information content (AvgIpc) is 2.50. The molecule has 0 fully saturated rings. The largest absolute Gasteiger partial charge is 0.394 e. The van der Waals surface area contributed by atoms with Crippen molar-refractivity contribution in [3.63, 3.8) is 0 Å². The highest BCUT2D eigenvalue weighted by atomic mass is 16.5. The smallest absolute Gasteiger partial charge is 0.103 e. The predicted molar refractivity (Wildman–Crippen MR) is 83.0 cm³/mol. The maximum Gasteiger partial charge on any atom is 0.103 e. The maximum absolute atomic E-state index is 9.94. The zero-order valence-corrected chi connectivity index (χ0v) is 13.9. The van der Waals surface area contributed by atoms with Gasteiger partial charge >= 0.3 is 0 Å². The molecule has 0 bridgehead atoms. The fraction of sp³-hybridized carbons (Fsp3) is 1.00. The summed E-state index contributed by atoms with van der Waals surface area (Å²) >= 11 is 0. The molecule has 0 aliphatic heterocycles. The van der Waals surface area contributed by atoms with Crippen LogP contribution < -0.4 is 0 Å². The molecule has 0 aliphatic rings. The summed E-state index contributed by atoms with van der Waals surface area (Å²) in [7, 11) is 0. The third kappa shape index (κ3) is 8.12. The first kappa shape index (κ1) is 20.8. The van der Waals surface area contributed by atoms with E-state index in [0.29, 0.717) is 24.7 Å². The van der Waals surface area contributed by atoms with Gasteiger partial charge in [-0.25, -0.2) is 0 Å². The molecule has 5 heteroatoms. The van der Waals surface area contributed by atoms with E-state index in [1.165, 1.54) is 0 Å². The number of hydrogen-bond acceptors (Lipinski definition) is 5. The zero-order valence-electron chi connectivity index (χ0n) is 13.9. The molecular formula is C16H34O5. The monoisotopic (exact) mass is 306 g/mol. The minimum absolute atomic E-state index is 0.353. The van der Waals surface area contributed by atoms with Crippen LogP contribution in [0, 0.1) is 11.8 Å².